The van der Waals surface area contributed by atoms with Crippen LogP contribution in [-0.4, -0.2) is 64.5 Å². The van der Waals surface area contributed by atoms with Crippen molar-refractivity contribution in [3.8, 4) is 10.8 Å². The Kier molecular flexibility index (Phi) is 6.58. The largest absolute Gasteiger partial charge is 0.446 e. The molecule has 168 valence electrons. The zero-order valence-corrected chi connectivity index (χ0v) is 17.5. The highest BCUT2D eigenvalue weighted by molar-refractivity contribution is 7.13. The van der Waals surface area contributed by atoms with Crippen LogP contribution in [0.1, 0.15) is 31.4 Å². The molecule has 12 heteroatoms. The second-order valence-corrected chi connectivity index (χ2v) is 8.28. The van der Waals surface area contributed by atoms with Crippen LogP contribution < -0.4 is 10.2 Å². The van der Waals surface area contributed by atoms with Crippen LogP contribution in [0.3, 0.4) is 0 Å². The first-order valence-corrected chi connectivity index (χ1v) is 10.9. The van der Waals surface area contributed by atoms with E-state index in [2.05, 4.69) is 20.3 Å². The average molecular weight is 455 g/mol. The van der Waals surface area contributed by atoms with Gasteiger partial charge in [0.1, 0.15) is 17.7 Å². The number of ether oxygens (including phenoxy) is 2. The van der Waals surface area contributed by atoms with E-state index >= 15 is 0 Å². The molecule has 0 atom stereocenters. The Hall–Kier alpha value is -2.44. The number of nitrogens with one attached hydrogen (secondary N) is 1. The molecule has 0 unspecified atom stereocenters. The van der Waals surface area contributed by atoms with Crippen molar-refractivity contribution < 1.29 is 28.2 Å². The van der Waals surface area contributed by atoms with Crippen LogP contribution >= 0.6 is 11.3 Å². The van der Waals surface area contributed by atoms with Gasteiger partial charge in [0.15, 0.2) is 10.8 Å². The van der Waals surface area contributed by atoms with Crippen molar-refractivity contribution in [2.24, 2.45) is 0 Å². The van der Waals surface area contributed by atoms with Crippen LogP contribution in [0.5, 0.6) is 0 Å². The number of amides is 1. The lowest BCUT2D eigenvalue weighted by atomic mass is 9.94. The van der Waals surface area contributed by atoms with Crippen molar-refractivity contribution >= 4 is 29.1 Å². The number of rotatable bonds is 5. The lowest BCUT2D eigenvalue weighted by Gasteiger charge is -2.28. The average Bonchev–Trinajstić information content (AvgIpc) is 3.25. The lowest BCUT2D eigenvalue weighted by molar-refractivity contribution is -0.0642. The Labute approximate surface area is 181 Å². The summed E-state index contributed by atoms with van der Waals surface area (Å²) in [7, 11) is 0. The number of aliphatic hydroxyl groups is 1. The maximum Gasteiger partial charge on any atom is 0.413 e. The topological polar surface area (TPSA) is 110 Å². The first-order chi connectivity index (χ1) is 14.9. The molecule has 1 saturated heterocycles. The highest BCUT2D eigenvalue weighted by Crippen LogP contribution is 2.34. The molecule has 2 aromatic rings. The molecule has 3 heterocycles. The third kappa shape index (κ3) is 5.63. The third-order valence-corrected chi connectivity index (χ3v) is 6.01. The van der Waals surface area contributed by atoms with Crippen LogP contribution in [0.2, 0.25) is 0 Å². The van der Waals surface area contributed by atoms with Gasteiger partial charge in [-0.1, -0.05) is 0 Å². The molecule has 0 radical (unpaired) electrons. The number of carbonyl (C=O) groups excluding carboxylic acids is 1. The number of carbonyl (C=O) groups is 1. The van der Waals surface area contributed by atoms with E-state index in [0.717, 1.165) is 0 Å². The third-order valence-electron chi connectivity index (χ3n) is 5.12. The van der Waals surface area contributed by atoms with E-state index in [9.17, 15) is 18.7 Å². The minimum atomic E-state index is -2.69. The van der Waals surface area contributed by atoms with Gasteiger partial charge in [-0.15, -0.1) is 11.3 Å². The Morgan fingerprint density at radius 1 is 1.29 bits per heavy atom. The zero-order valence-electron chi connectivity index (χ0n) is 16.7. The molecule has 31 heavy (non-hydrogen) atoms. The maximum absolute atomic E-state index is 13.3. The minimum absolute atomic E-state index is 0.123. The molecular weight excluding hydrogens is 432 g/mol. The molecule has 2 N–H and O–H groups in total. The maximum atomic E-state index is 13.3. The summed E-state index contributed by atoms with van der Waals surface area (Å²) < 4.78 is 37.3. The molecule has 2 aliphatic rings. The molecule has 2 aromatic heterocycles. The normalized spacial score (nSPS) is 19.3. The van der Waals surface area contributed by atoms with Gasteiger partial charge < -0.3 is 19.5 Å². The molecule has 1 saturated carbocycles. The van der Waals surface area contributed by atoms with Gasteiger partial charge in [0.25, 0.3) is 0 Å². The van der Waals surface area contributed by atoms with Gasteiger partial charge in [0.2, 0.25) is 5.92 Å². The van der Waals surface area contributed by atoms with Gasteiger partial charge >= 0.3 is 6.09 Å². The van der Waals surface area contributed by atoms with E-state index < -0.39 is 18.1 Å². The predicted octanol–water partition coefficient (Wildman–Crippen LogP) is 3.06. The minimum Gasteiger partial charge on any atom is -0.446 e. The first-order valence-electron chi connectivity index (χ1n) is 10.0. The van der Waals surface area contributed by atoms with Gasteiger partial charge in [-0.2, -0.15) is 0 Å². The SMILES string of the molecule is O=C(Nc1cc(N2CCOCC2)nc(-c2nc(CO)cs2)n1)OC1CCC(F)(F)CC1. The smallest absolute Gasteiger partial charge is 0.413 e. The summed E-state index contributed by atoms with van der Waals surface area (Å²) >= 11 is 1.28. The molecular formula is C19H23F2N5O4S. The van der Waals surface area contributed by atoms with Crippen LogP contribution in [0.15, 0.2) is 11.4 Å². The van der Waals surface area contributed by atoms with Crippen molar-refractivity contribution in [1.29, 1.82) is 0 Å². The summed E-state index contributed by atoms with van der Waals surface area (Å²) in [4.78, 5) is 27.6. The van der Waals surface area contributed by atoms with Crippen molar-refractivity contribution in [2.45, 2.75) is 44.3 Å². The van der Waals surface area contributed by atoms with Gasteiger partial charge in [0.05, 0.1) is 25.5 Å². The second kappa shape index (κ2) is 9.37. The molecule has 1 aliphatic heterocycles. The van der Waals surface area contributed by atoms with E-state index in [0.29, 0.717) is 48.6 Å². The number of hydrogen-bond acceptors (Lipinski definition) is 9. The summed E-state index contributed by atoms with van der Waals surface area (Å²) in [6.07, 6.45) is -1.63. The molecule has 0 spiro atoms. The van der Waals surface area contributed by atoms with E-state index in [-0.39, 0.29) is 38.1 Å². The lowest BCUT2D eigenvalue weighted by Crippen LogP contribution is -2.37. The highest BCUT2D eigenvalue weighted by Gasteiger charge is 2.36. The fourth-order valence-corrected chi connectivity index (χ4v) is 4.19. The molecule has 2 fully saturated rings. The Morgan fingerprint density at radius 2 is 2.03 bits per heavy atom. The summed E-state index contributed by atoms with van der Waals surface area (Å²) in [5, 5.41) is 14.1. The Bertz CT molecular complexity index is 912. The molecule has 1 aliphatic carbocycles. The highest BCUT2D eigenvalue weighted by atomic mass is 32.1. The van der Waals surface area contributed by atoms with E-state index in [1.54, 1.807) is 11.4 Å². The van der Waals surface area contributed by atoms with Crippen molar-refractivity contribution in [1.82, 2.24) is 15.0 Å². The van der Waals surface area contributed by atoms with Gasteiger partial charge in [-0.25, -0.2) is 28.5 Å². The predicted molar refractivity (Wildman–Crippen MR) is 109 cm³/mol. The second-order valence-electron chi connectivity index (χ2n) is 7.42. The zero-order chi connectivity index (χ0) is 21.8. The van der Waals surface area contributed by atoms with Crippen molar-refractivity contribution in [3.05, 3.63) is 17.1 Å². The molecule has 0 aromatic carbocycles. The summed E-state index contributed by atoms with van der Waals surface area (Å²) in [5.74, 6) is -1.56. The van der Waals surface area contributed by atoms with Gasteiger partial charge in [0, 0.05) is 37.4 Å². The van der Waals surface area contributed by atoms with Crippen LogP contribution in [0, 0.1) is 0 Å². The van der Waals surface area contributed by atoms with Crippen LogP contribution in [-0.2, 0) is 16.1 Å². The summed E-state index contributed by atoms with van der Waals surface area (Å²) in [6, 6.07) is 1.63. The standard InChI is InChI=1S/C19H23F2N5O4S/c20-19(21)3-1-13(2-4-19)30-18(28)24-14-9-15(26-5-7-29-8-6-26)25-16(23-14)17-22-12(10-27)11-31-17/h9,11,13,27H,1-8,10H2,(H,23,24,25,28). The molecule has 0 bridgehead atoms. The summed E-state index contributed by atoms with van der Waals surface area (Å²) in [5.41, 5.74) is 0.503. The molecule has 9 nitrogen and oxygen atoms in total. The number of thiazole rings is 1. The number of anilines is 2. The number of morpholine rings is 1. The fraction of sp³-hybridized carbons (Fsp3) is 0.579. The van der Waals surface area contributed by atoms with E-state index in [1.807, 2.05) is 4.90 Å². The molecule has 4 rings (SSSR count). The Balaban J connectivity index is 1.51. The fourth-order valence-electron chi connectivity index (χ4n) is 3.45. The molecule has 1 amide bonds. The van der Waals surface area contributed by atoms with Gasteiger partial charge in [-0.05, 0) is 12.8 Å². The van der Waals surface area contributed by atoms with Crippen LogP contribution in [0.4, 0.5) is 25.2 Å². The van der Waals surface area contributed by atoms with Crippen LogP contribution in [0.25, 0.3) is 10.8 Å². The number of halogens is 2. The first kappa shape index (κ1) is 21.8. The number of alkyl halides is 2. The number of hydrogen-bond donors (Lipinski definition) is 2. The number of aliphatic hydroxyl groups excluding tert-OH is 1. The van der Waals surface area contributed by atoms with Crippen molar-refractivity contribution in [3.63, 3.8) is 0 Å². The van der Waals surface area contributed by atoms with Gasteiger partial charge in [-0.3, -0.25) is 5.32 Å². The van der Waals surface area contributed by atoms with E-state index in [4.69, 9.17) is 9.47 Å². The van der Waals surface area contributed by atoms with Crippen molar-refractivity contribution in [2.75, 3.05) is 36.5 Å². The van der Waals surface area contributed by atoms with E-state index in [1.165, 1.54) is 11.3 Å². The Morgan fingerprint density at radius 3 is 2.71 bits per heavy atom. The number of nitrogens with zero attached hydrogens (tertiary/aromatic N) is 4. The monoisotopic (exact) mass is 455 g/mol. The summed E-state index contributed by atoms with van der Waals surface area (Å²) in [6.45, 7) is 2.19. The quantitative estimate of drug-likeness (QED) is 0.708. The number of aromatic nitrogens is 3.